The second kappa shape index (κ2) is 7.65. The van der Waals surface area contributed by atoms with Crippen LogP contribution in [0.5, 0.6) is 5.75 Å². The third-order valence-corrected chi connectivity index (χ3v) is 4.28. The fraction of sp³-hybridized carbons (Fsp3) is 0.647. The largest absolute Gasteiger partial charge is 0.497 e. The van der Waals surface area contributed by atoms with Crippen molar-refractivity contribution >= 4 is 0 Å². The first-order chi connectivity index (χ1) is 9.72. The van der Waals surface area contributed by atoms with Gasteiger partial charge < -0.3 is 14.8 Å². The molecule has 0 bridgehead atoms. The van der Waals surface area contributed by atoms with E-state index in [4.69, 9.17) is 9.47 Å². The number of rotatable bonds is 7. The van der Waals surface area contributed by atoms with Crippen molar-refractivity contribution in [3.05, 3.63) is 29.8 Å². The normalized spacial score (nSPS) is 23.8. The van der Waals surface area contributed by atoms with Crippen LogP contribution in [-0.4, -0.2) is 32.4 Å². The van der Waals surface area contributed by atoms with Crippen molar-refractivity contribution < 1.29 is 9.47 Å². The molecule has 3 unspecified atom stereocenters. The topological polar surface area (TPSA) is 30.5 Å². The van der Waals surface area contributed by atoms with Gasteiger partial charge in [0, 0.05) is 19.2 Å². The molecule has 112 valence electrons. The lowest BCUT2D eigenvalue weighted by Gasteiger charge is -2.24. The Bertz CT molecular complexity index is 390. The molecule has 1 aliphatic rings. The van der Waals surface area contributed by atoms with Gasteiger partial charge in [0.2, 0.25) is 0 Å². The van der Waals surface area contributed by atoms with Crippen molar-refractivity contribution in [2.24, 2.45) is 0 Å². The van der Waals surface area contributed by atoms with Gasteiger partial charge in [-0.1, -0.05) is 12.1 Å². The Labute approximate surface area is 122 Å². The molecule has 0 aromatic heterocycles. The molecule has 0 spiro atoms. The van der Waals surface area contributed by atoms with Crippen LogP contribution in [-0.2, 0) is 11.2 Å². The van der Waals surface area contributed by atoms with Crippen LogP contribution in [0.1, 0.15) is 38.2 Å². The van der Waals surface area contributed by atoms with E-state index in [2.05, 4.69) is 24.4 Å². The Morgan fingerprint density at radius 3 is 2.60 bits per heavy atom. The molecule has 0 aliphatic heterocycles. The molecule has 1 aliphatic carbocycles. The summed E-state index contributed by atoms with van der Waals surface area (Å²) in [6, 6.07) is 9.43. The molecule has 0 radical (unpaired) electrons. The van der Waals surface area contributed by atoms with Crippen molar-refractivity contribution in [3.8, 4) is 5.75 Å². The van der Waals surface area contributed by atoms with Crippen molar-refractivity contribution in [2.45, 2.75) is 57.2 Å². The van der Waals surface area contributed by atoms with E-state index in [1.165, 1.54) is 24.8 Å². The summed E-state index contributed by atoms with van der Waals surface area (Å²) >= 11 is 0. The molecule has 0 heterocycles. The van der Waals surface area contributed by atoms with Crippen LogP contribution in [0, 0.1) is 0 Å². The van der Waals surface area contributed by atoms with Gasteiger partial charge in [-0.3, -0.25) is 0 Å². The zero-order chi connectivity index (χ0) is 14.4. The van der Waals surface area contributed by atoms with Gasteiger partial charge in [-0.25, -0.2) is 0 Å². The number of nitrogens with one attached hydrogen (secondary N) is 1. The van der Waals surface area contributed by atoms with E-state index in [1.54, 1.807) is 7.11 Å². The third kappa shape index (κ3) is 4.22. The number of aryl methyl sites for hydroxylation is 1. The summed E-state index contributed by atoms with van der Waals surface area (Å²) in [4.78, 5) is 0. The Kier molecular flexibility index (Phi) is 5.86. The van der Waals surface area contributed by atoms with Crippen LogP contribution < -0.4 is 10.1 Å². The van der Waals surface area contributed by atoms with E-state index in [0.717, 1.165) is 18.6 Å². The lowest BCUT2D eigenvalue weighted by atomic mass is 10.0. The number of hydrogen-bond donors (Lipinski definition) is 1. The van der Waals surface area contributed by atoms with Gasteiger partial charge >= 0.3 is 0 Å². The van der Waals surface area contributed by atoms with Gasteiger partial charge in [0.15, 0.2) is 0 Å². The van der Waals surface area contributed by atoms with Crippen molar-refractivity contribution in [1.29, 1.82) is 0 Å². The second-order valence-corrected chi connectivity index (χ2v) is 5.77. The first-order valence-electron chi connectivity index (χ1n) is 7.64. The molecule has 0 amide bonds. The molecule has 0 saturated heterocycles. The maximum Gasteiger partial charge on any atom is 0.118 e. The molecule has 20 heavy (non-hydrogen) atoms. The zero-order valence-corrected chi connectivity index (χ0v) is 12.9. The van der Waals surface area contributed by atoms with Crippen LogP contribution in [0.2, 0.25) is 0 Å². The van der Waals surface area contributed by atoms with Crippen molar-refractivity contribution in [2.75, 3.05) is 14.2 Å². The molecule has 3 nitrogen and oxygen atoms in total. The number of methoxy groups -OCH3 is 2. The number of benzene rings is 1. The minimum Gasteiger partial charge on any atom is -0.497 e. The predicted octanol–water partition coefficient (Wildman–Crippen LogP) is 3.17. The van der Waals surface area contributed by atoms with E-state index in [0.29, 0.717) is 18.2 Å². The van der Waals surface area contributed by atoms with Gasteiger partial charge in [-0.15, -0.1) is 0 Å². The number of hydrogen-bond acceptors (Lipinski definition) is 3. The fourth-order valence-electron chi connectivity index (χ4n) is 3.02. The van der Waals surface area contributed by atoms with E-state index in [9.17, 15) is 0 Å². The van der Waals surface area contributed by atoms with Crippen molar-refractivity contribution in [1.82, 2.24) is 5.32 Å². The average molecular weight is 277 g/mol. The lowest BCUT2D eigenvalue weighted by Crippen LogP contribution is -2.42. The minimum absolute atomic E-state index is 0.401. The highest BCUT2D eigenvalue weighted by Gasteiger charge is 2.27. The molecule has 3 atom stereocenters. The molecule has 3 heteroatoms. The van der Waals surface area contributed by atoms with Crippen LogP contribution in [0.15, 0.2) is 24.3 Å². The second-order valence-electron chi connectivity index (χ2n) is 5.77. The van der Waals surface area contributed by atoms with E-state index >= 15 is 0 Å². The third-order valence-electron chi connectivity index (χ3n) is 4.28. The average Bonchev–Trinajstić information content (AvgIpc) is 2.92. The van der Waals surface area contributed by atoms with E-state index in [-0.39, 0.29) is 0 Å². The maximum absolute atomic E-state index is 5.54. The Morgan fingerprint density at radius 1 is 1.20 bits per heavy atom. The quantitative estimate of drug-likeness (QED) is 0.830. The van der Waals surface area contributed by atoms with Gasteiger partial charge in [0.25, 0.3) is 0 Å². The van der Waals surface area contributed by atoms with Crippen LogP contribution >= 0.6 is 0 Å². The number of ether oxygens (including phenoxy) is 2. The first kappa shape index (κ1) is 15.3. The Morgan fingerprint density at radius 2 is 1.95 bits per heavy atom. The monoisotopic (exact) mass is 277 g/mol. The Hall–Kier alpha value is -1.06. The molecule has 2 rings (SSSR count). The fourth-order valence-corrected chi connectivity index (χ4v) is 3.02. The summed E-state index contributed by atoms with van der Waals surface area (Å²) in [6.45, 7) is 2.27. The van der Waals surface area contributed by atoms with Crippen LogP contribution in [0.3, 0.4) is 0 Å². The maximum atomic E-state index is 5.54. The van der Waals surface area contributed by atoms with Gasteiger partial charge in [-0.05, 0) is 56.7 Å². The molecule has 1 aromatic rings. The summed E-state index contributed by atoms with van der Waals surface area (Å²) in [5, 5.41) is 3.72. The summed E-state index contributed by atoms with van der Waals surface area (Å²) in [5.41, 5.74) is 1.37. The molecule has 1 aromatic carbocycles. The summed E-state index contributed by atoms with van der Waals surface area (Å²) in [7, 11) is 3.53. The molecule has 1 saturated carbocycles. The first-order valence-corrected chi connectivity index (χ1v) is 7.64. The molecular weight excluding hydrogens is 250 g/mol. The minimum atomic E-state index is 0.401. The summed E-state index contributed by atoms with van der Waals surface area (Å²) < 4.78 is 10.7. The van der Waals surface area contributed by atoms with Gasteiger partial charge in [0.1, 0.15) is 5.75 Å². The SMILES string of the molecule is COc1ccc(CCC(C)NC2CCCC2OC)cc1. The summed E-state index contributed by atoms with van der Waals surface area (Å²) in [6.07, 6.45) is 6.37. The Balaban J connectivity index is 1.75. The molecular formula is C17H27NO2. The van der Waals surface area contributed by atoms with Crippen molar-refractivity contribution in [3.63, 3.8) is 0 Å². The van der Waals surface area contributed by atoms with E-state index in [1.807, 2.05) is 19.2 Å². The highest BCUT2D eigenvalue weighted by atomic mass is 16.5. The van der Waals surface area contributed by atoms with E-state index < -0.39 is 0 Å². The predicted molar refractivity (Wildman–Crippen MR) is 82.3 cm³/mol. The lowest BCUT2D eigenvalue weighted by molar-refractivity contribution is 0.0816. The van der Waals surface area contributed by atoms with Crippen LogP contribution in [0.25, 0.3) is 0 Å². The van der Waals surface area contributed by atoms with Gasteiger partial charge in [-0.2, -0.15) is 0 Å². The molecule has 1 fully saturated rings. The molecule has 1 N–H and O–H groups in total. The van der Waals surface area contributed by atoms with Crippen LogP contribution in [0.4, 0.5) is 0 Å². The highest BCUT2D eigenvalue weighted by molar-refractivity contribution is 5.27. The highest BCUT2D eigenvalue weighted by Crippen LogP contribution is 2.22. The zero-order valence-electron chi connectivity index (χ0n) is 12.9. The summed E-state index contributed by atoms with van der Waals surface area (Å²) in [5.74, 6) is 0.925. The smallest absolute Gasteiger partial charge is 0.118 e. The standard InChI is InChI=1S/C17H27NO2/c1-13(18-16-5-4-6-17(16)20-3)7-8-14-9-11-15(19-2)12-10-14/h9-13,16-18H,4-8H2,1-3H3. The van der Waals surface area contributed by atoms with Gasteiger partial charge in [0.05, 0.1) is 13.2 Å².